The number of nitrogens with two attached hydrogens (primary N) is 1. The highest BCUT2D eigenvalue weighted by molar-refractivity contribution is 7.97. The summed E-state index contributed by atoms with van der Waals surface area (Å²) in [6, 6.07) is 10.5. The molecule has 9 heteroatoms. The normalized spacial score (nSPS) is 16.4. The third kappa shape index (κ3) is 5.96. The van der Waals surface area contributed by atoms with Crippen LogP contribution in [0, 0.1) is 5.92 Å². The minimum atomic E-state index is -3.10. The van der Waals surface area contributed by atoms with E-state index in [9.17, 15) is 8.78 Å². The van der Waals surface area contributed by atoms with E-state index in [4.69, 9.17) is 17.3 Å². The quantitative estimate of drug-likeness (QED) is 0.330. The Morgan fingerprint density at radius 3 is 2.42 bits per heavy atom. The summed E-state index contributed by atoms with van der Waals surface area (Å²) in [6.45, 7) is 6.79. The lowest BCUT2D eigenvalue weighted by molar-refractivity contribution is 0.0181. The second kappa shape index (κ2) is 9.54. The topological polar surface area (TPSA) is 66.0 Å². The third-order valence-corrected chi connectivity index (χ3v) is 6.06. The molecule has 2 aromatic carbocycles. The fourth-order valence-corrected chi connectivity index (χ4v) is 4.84. The van der Waals surface area contributed by atoms with Crippen LogP contribution in [-0.2, 0) is 5.92 Å². The predicted octanol–water partition coefficient (Wildman–Crippen LogP) is 5.85. The Bertz CT molecular complexity index is 992. The largest absolute Gasteiger partial charge is 0.387 e. The Balaban J connectivity index is 1.93. The summed E-state index contributed by atoms with van der Waals surface area (Å²) in [5.74, 6) is -1.89. The highest BCUT2D eigenvalue weighted by Gasteiger charge is 2.30. The van der Waals surface area contributed by atoms with Crippen LogP contribution in [0.1, 0.15) is 26.3 Å². The molecule has 0 spiro atoms. The van der Waals surface area contributed by atoms with Crippen LogP contribution in [0.25, 0.3) is 11.1 Å². The van der Waals surface area contributed by atoms with Gasteiger partial charge in [-0.05, 0) is 54.6 Å². The minimum absolute atomic E-state index is 0.177. The van der Waals surface area contributed by atoms with Crippen LogP contribution in [-0.4, -0.2) is 36.2 Å². The summed E-state index contributed by atoms with van der Waals surface area (Å²) >= 11 is 8.17. The summed E-state index contributed by atoms with van der Waals surface area (Å²) < 4.78 is 31.4. The maximum absolute atomic E-state index is 14.6. The fraction of sp³-hybridized carbons (Fsp3) is 0.364. The maximum Gasteiger partial charge on any atom is 0.271 e. The molecule has 1 heterocycles. The van der Waals surface area contributed by atoms with Gasteiger partial charge in [0.25, 0.3) is 5.92 Å². The van der Waals surface area contributed by atoms with Crippen molar-refractivity contribution < 1.29 is 8.78 Å². The van der Waals surface area contributed by atoms with Gasteiger partial charge >= 0.3 is 0 Å². The number of alkyl halides is 2. The van der Waals surface area contributed by atoms with Crippen molar-refractivity contribution in [1.82, 2.24) is 4.31 Å². The van der Waals surface area contributed by atoms with Crippen LogP contribution in [0.4, 0.5) is 14.5 Å². The van der Waals surface area contributed by atoms with Gasteiger partial charge in [-0.2, -0.15) is 0 Å². The van der Waals surface area contributed by atoms with E-state index in [1.807, 2.05) is 24.3 Å². The van der Waals surface area contributed by atoms with Gasteiger partial charge in [-0.25, -0.2) is 18.1 Å². The van der Waals surface area contributed by atoms with Crippen molar-refractivity contribution in [3.8, 4) is 11.1 Å². The second-order valence-electron chi connectivity index (χ2n) is 7.76. The van der Waals surface area contributed by atoms with Crippen LogP contribution in [0.5, 0.6) is 0 Å². The van der Waals surface area contributed by atoms with Crippen molar-refractivity contribution >= 4 is 41.0 Å². The Kier molecular flexibility index (Phi) is 7.24. The number of halogens is 3. The Hall–Kier alpha value is -2.16. The second-order valence-corrected chi connectivity index (χ2v) is 9.34. The van der Waals surface area contributed by atoms with Gasteiger partial charge in [0.1, 0.15) is 0 Å². The number of anilines is 1. The molecule has 1 aliphatic rings. The van der Waals surface area contributed by atoms with E-state index in [1.165, 1.54) is 13.1 Å². The van der Waals surface area contributed by atoms with Crippen molar-refractivity contribution in [2.75, 3.05) is 25.5 Å². The van der Waals surface area contributed by atoms with E-state index in [0.29, 0.717) is 28.6 Å². The molecule has 0 radical (unpaired) electrons. The van der Waals surface area contributed by atoms with Crippen LogP contribution < -0.4 is 11.1 Å². The zero-order chi connectivity index (χ0) is 22.8. The highest BCUT2D eigenvalue weighted by atomic mass is 35.5. The number of nitrogens with zero attached hydrogens (tertiary/aromatic N) is 3. The van der Waals surface area contributed by atoms with Crippen LogP contribution in [0.3, 0.4) is 0 Å². The number of amidine groups is 1. The minimum Gasteiger partial charge on any atom is -0.387 e. The summed E-state index contributed by atoms with van der Waals surface area (Å²) in [7, 11) is 1.53. The van der Waals surface area contributed by atoms with Gasteiger partial charge in [0.05, 0.1) is 10.9 Å². The molecule has 3 rings (SSSR count). The lowest BCUT2D eigenvalue weighted by Gasteiger charge is -2.35. The third-order valence-electron chi connectivity index (χ3n) is 4.72. The molecule has 1 saturated heterocycles. The molecule has 0 unspecified atom stereocenters. The van der Waals surface area contributed by atoms with Gasteiger partial charge in [0.15, 0.2) is 0 Å². The van der Waals surface area contributed by atoms with E-state index in [0.717, 1.165) is 24.9 Å². The predicted molar refractivity (Wildman–Crippen MR) is 127 cm³/mol. The first-order chi connectivity index (χ1) is 14.6. The number of hydrogen-bond acceptors (Lipinski definition) is 3. The number of nitrogens with one attached hydrogen (secondary N) is 1. The molecule has 0 aliphatic carbocycles. The van der Waals surface area contributed by atoms with Crippen LogP contribution in [0.15, 0.2) is 51.3 Å². The van der Waals surface area contributed by atoms with E-state index in [-0.39, 0.29) is 16.5 Å². The number of rotatable bonds is 5. The van der Waals surface area contributed by atoms with Gasteiger partial charge in [-0.1, -0.05) is 30.7 Å². The number of hydrogen-bond donors (Lipinski definition) is 2. The van der Waals surface area contributed by atoms with Gasteiger partial charge in [0.2, 0.25) is 5.96 Å². The summed E-state index contributed by atoms with van der Waals surface area (Å²) in [5, 5.41) is 3.11. The molecular weight excluding hydrogens is 440 g/mol. The standard InChI is InChI=1S/C22H26ClF2N5S/c1-13-11-30(12-13)31-17-7-5-15(6-8-17)20-18(22(3,24)25)9-16(10-19(20)23)29-21(27-4)28-14(2)26/h5-10,13H,11-12H2,1-4H3,(H3,26,27,28,29). The fourth-order valence-electron chi connectivity index (χ4n) is 3.30. The molecule has 0 saturated carbocycles. The van der Waals surface area contributed by atoms with Crippen LogP contribution in [0.2, 0.25) is 5.02 Å². The molecular formula is C22H26ClF2N5S. The van der Waals surface area contributed by atoms with Crippen molar-refractivity contribution in [2.45, 2.75) is 31.6 Å². The maximum atomic E-state index is 14.6. The van der Waals surface area contributed by atoms with Crippen molar-refractivity contribution in [2.24, 2.45) is 21.6 Å². The molecule has 166 valence electrons. The van der Waals surface area contributed by atoms with E-state index >= 15 is 0 Å². The molecule has 0 aromatic heterocycles. The first kappa shape index (κ1) is 23.5. The van der Waals surface area contributed by atoms with Gasteiger partial charge in [-0.15, -0.1) is 0 Å². The summed E-state index contributed by atoms with van der Waals surface area (Å²) in [5.41, 5.74) is 6.71. The zero-order valence-electron chi connectivity index (χ0n) is 17.9. The Morgan fingerprint density at radius 2 is 1.90 bits per heavy atom. The van der Waals surface area contributed by atoms with Crippen molar-refractivity contribution in [3.05, 3.63) is 47.0 Å². The van der Waals surface area contributed by atoms with Crippen molar-refractivity contribution in [1.29, 1.82) is 0 Å². The SMILES string of the molecule is C/N=C(\N=C(/C)N)Nc1cc(Cl)c(-c2ccc(SN3CC(C)C3)cc2)c(C(C)(F)F)c1. The van der Waals surface area contributed by atoms with E-state index in [1.54, 1.807) is 24.9 Å². The molecule has 1 aliphatic heterocycles. The number of benzene rings is 2. The van der Waals surface area contributed by atoms with Gasteiger partial charge in [-0.3, -0.25) is 4.99 Å². The first-order valence-corrected chi connectivity index (χ1v) is 11.0. The zero-order valence-corrected chi connectivity index (χ0v) is 19.5. The molecule has 0 atom stereocenters. The molecule has 0 bridgehead atoms. The average Bonchev–Trinajstić information content (AvgIpc) is 2.65. The smallest absolute Gasteiger partial charge is 0.271 e. The average molecular weight is 466 g/mol. The molecule has 5 nitrogen and oxygen atoms in total. The summed E-state index contributed by atoms with van der Waals surface area (Å²) in [4.78, 5) is 9.08. The molecule has 2 aromatic rings. The lowest BCUT2D eigenvalue weighted by Crippen LogP contribution is -2.39. The Morgan fingerprint density at radius 1 is 1.26 bits per heavy atom. The lowest BCUT2D eigenvalue weighted by atomic mass is 9.95. The van der Waals surface area contributed by atoms with Crippen LogP contribution >= 0.6 is 23.5 Å². The van der Waals surface area contributed by atoms with E-state index < -0.39 is 5.92 Å². The first-order valence-electron chi connectivity index (χ1n) is 9.86. The molecule has 3 N–H and O–H groups in total. The van der Waals surface area contributed by atoms with Gasteiger partial charge < -0.3 is 11.1 Å². The highest BCUT2D eigenvalue weighted by Crippen LogP contribution is 2.42. The number of guanidine groups is 1. The van der Waals surface area contributed by atoms with Crippen molar-refractivity contribution in [3.63, 3.8) is 0 Å². The van der Waals surface area contributed by atoms with Gasteiger partial charge in [0, 0.05) is 48.8 Å². The molecule has 1 fully saturated rings. The number of aliphatic imine (C=N–C) groups is 2. The molecule has 0 amide bonds. The van der Waals surface area contributed by atoms with E-state index in [2.05, 4.69) is 26.5 Å². The molecule has 31 heavy (non-hydrogen) atoms. The Labute approximate surface area is 190 Å². The summed E-state index contributed by atoms with van der Waals surface area (Å²) in [6.07, 6.45) is 0. The monoisotopic (exact) mass is 465 g/mol.